The second-order valence-electron chi connectivity index (χ2n) is 6.83. The summed E-state index contributed by atoms with van der Waals surface area (Å²) >= 11 is 0. The van der Waals surface area contributed by atoms with Crippen molar-refractivity contribution in [2.24, 2.45) is 11.5 Å². The molecule has 0 aliphatic heterocycles. The molecular formula is C22H28N4O3. The maximum Gasteiger partial charge on any atom is 0.319 e. The summed E-state index contributed by atoms with van der Waals surface area (Å²) in [5, 5.41) is 2.84. The Bertz CT molecular complexity index is 793. The Kier molecular flexibility index (Phi) is 8.85. The van der Waals surface area contributed by atoms with E-state index in [-0.39, 0.29) is 5.91 Å². The van der Waals surface area contributed by atoms with Crippen LogP contribution in [0.15, 0.2) is 54.6 Å². The summed E-state index contributed by atoms with van der Waals surface area (Å²) in [5.74, 6) is -0.216. The molecular weight excluding hydrogens is 368 g/mol. The van der Waals surface area contributed by atoms with Gasteiger partial charge in [-0.3, -0.25) is 9.69 Å². The molecule has 0 aliphatic rings. The van der Waals surface area contributed by atoms with Crippen molar-refractivity contribution in [3.8, 4) is 0 Å². The number of hydrogen-bond donors (Lipinski definition) is 3. The van der Waals surface area contributed by atoms with Crippen molar-refractivity contribution in [2.75, 3.05) is 11.4 Å². The molecule has 0 spiro atoms. The molecule has 2 aromatic carbocycles. The number of nitrogens with two attached hydrogens (primary N) is 2. The highest BCUT2D eigenvalue weighted by atomic mass is 16.2. The van der Waals surface area contributed by atoms with Crippen LogP contribution in [0, 0.1) is 0 Å². The van der Waals surface area contributed by atoms with Crippen LogP contribution in [0.5, 0.6) is 0 Å². The molecule has 154 valence electrons. The summed E-state index contributed by atoms with van der Waals surface area (Å²) in [7, 11) is 0. The van der Waals surface area contributed by atoms with E-state index in [1.54, 1.807) is 12.1 Å². The highest BCUT2D eigenvalue weighted by molar-refractivity contribution is 5.90. The number of anilines is 1. The first kappa shape index (κ1) is 22.1. The molecule has 0 saturated heterocycles. The van der Waals surface area contributed by atoms with Crippen LogP contribution in [0.4, 0.5) is 10.5 Å². The predicted octanol–water partition coefficient (Wildman–Crippen LogP) is 2.13. The van der Waals surface area contributed by atoms with Gasteiger partial charge in [-0.2, -0.15) is 0 Å². The molecule has 0 unspecified atom stereocenters. The van der Waals surface area contributed by atoms with E-state index >= 15 is 0 Å². The van der Waals surface area contributed by atoms with Gasteiger partial charge in [-0.25, -0.2) is 4.79 Å². The smallest absolute Gasteiger partial charge is 0.319 e. The minimum Gasteiger partial charge on any atom is -0.351 e. The first-order valence-corrected chi connectivity index (χ1v) is 9.68. The summed E-state index contributed by atoms with van der Waals surface area (Å²) in [5.41, 5.74) is 14.0. The Morgan fingerprint density at radius 3 is 2.31 bits per heavy atom. The normalized spacial score (nSPS) is 11.5. The van der Waals surface area contributed by atoms with Gasteiger partial charge in [0.15, 0.2) is 0 Å². The minimum absolute atomic E-state index is 0.216. The summed E-state index contributed by atoms with van der Waals surface area (Å²) in [6.45, 7) is 0.797. The van der Waals surface area contributed by atoms with E-state index in [2.05, 4.69) is 5.32 Å². The van der Waals surface area contributed by atoms with Crippen molar-refractivity contribution in [1.82, 2.24) is 5.32 Å². The van der Waals surface area contributed by atoms with Crippen molar-refractivity contribution >= 4 is 23.9 Å². The number of nitrogens with one attached hydrogen (secondary N) is 1. The molecule has 0 aromatic heterocycles. The molecule has 7 nitrogen and oxygen atoms in total. The Hall–Kier alpha value is -3.19. The van der Waals surface area contributed by atoms with Crippen molar-refractivity contribution in [3.63, 3.8) is 0 Å². The van der Waals surface area contributed by atoms with Gasteiger partial charge in [-0.15, -0.1) is 0 Å². The van der Waals surface area contributed by atoms with Crippen LogP contribution < -0.4 is 21.7 Å². The molecule has 29 heavy (non-hydrogen) atoms. The average Bonchev–Trinajstić information content (AvgIpc) is 2.73. The van der Waals surface area contributed by atoms with Gasteiger partial charge in [0.1, 0.15) is 6.29 Å². The van der Waals surface area contributed by atoms with Gasteiger partial charge < -0.3 is 21.6 Å². The second kappa shape index (κ2) is 11.6. The fourth-order valence-corrected chi connectivity index (χ4v) is 2.94. The number of carbonyl (C=O) groups is 3. The number of urea groups is 1. The highest BCUT2D eigenvalue weighted by Gasteiger charge is 2.14. The topological polar surface area (TPSA) is 119 Å². The molecule has 0 aliphatic carbocycles. The van der Waals surface area contributed by atoms with Gasteiger partial charge in [0.05, 0.1) is 6.04 Å². The molecule has 0 saturated carbocycles. The lowest BCUT2D eigenvalue weighted by molar-refractivity contribution is -0.122. The number of primary amides is 1. The van der Waals surface area contributed by atoms with Gasteiger partial charge in [0.2, 0.25) is 5.91 Å². The Morgan fingerprint density at radius 2 is 1.69 bits per heavy atom. The highest BCUT2D eigenvalue weighted by Crippen LogP contribution is 2.16. The van der Waals surface area contributed by atoms with E-state index in [1.165, 1.54) is 4.90 Å². The van der Waals surface area contributed by atoms with Gasteiger partial charge in [0.25, 0.3) is 0 Å². The quantitative estimate of drug-likeness (QED) is 0.398. The molecule has 2 aromatic rings. The molecule has 0 fully saturated rings. The van der Waals surface area contributed by atoms with E-state index in [0.29, 0.717) is 44.5 Å². The summed E-state index contributed by atoms with van der Waals surface area (Å²) < 4.78 is 0. The van der Waals surface area contributed by atoms with Crippen molar-refractivity contribution in [2.45, 2.75) is 38.3 Å². The number of amides is 3. The lowest BCUT2D eigenvalue weighted by atomic mass is 10.1. The summed E-state index contributed by atoms with van der Waals surface area (Å²) in [4.78, 5) is 35.8. The molecule has 3 amide bonds. The van der Waals surface area contributed by atoms with E-state index in [1.807, 2.05) is 42.5 Å². The van der Waals surface area contributed by atoms with E-state index in [9.17, 15) is 14.4 Å². The SMILES string of the molecule is NC(=O)N(CCCCC=O)c1ccc(CNC(=O)[C@@H](N)Cc2ccccc2)cc1. The predicted molar refractivity (Wildman–Crippen MR) is 113 cm³/mol. The fourth-order valence-electron chi connectivity index (χ4n) is 2.94. The Balaban J connectivity index is 1.86. The Morgan fingerprint density at radius 1 is 1.00 bits per heavy atom. The van der Waals surface area contributed by atoms with Crippen LogP contribution in [0.1, 0.15) is 30.4 Å². The molecule has 0 heterocycles. The number of rotatable bonds is 11. The average molecular weight is 396 g/mol. The number of unbranched alkanes of at least 4 members (excludes halogenated alkanes) is 2. The third-order valence-corrected chi connectivity index (χ3v) is 4.57. The molecule has 5 N–H and O–H groups in total. The van der Waals surface area contributed by atoms with Gasteiger partial charge >= 0.3 is 6.03 Å². The minimum atomic E-state index is -0.617. The number of nitrogens with zero attached hydrogens (tertiary/aromatic N) is 1. The van der Waals surface area contributed by atoms with Crippen molar-refractivity contribution in [1.29, 1.82) is 0 Å². The van der Waals surface area contributed by atoms with Crippen molar-refractivity contribution in [3.05, 3.63) is 65.7 Å². The lowest BCUT2D eigenvalue weighted by Crippen LogP contribution is -2.41. The maximum absolute atomic E-state index is 12.2. The zero-order chi connectivity index (χ0) is 21.1. The van der Waals surface area contributed by atoms with Crippen LogP contribution in [0.3, 0.4) is 0 Å². The molecule has 0 bridgehead atoms. The number of hydrogen-bond acceptors (Lipinski definition) is 4. The van der Waals surface area contributed by atoms with Crippen LogP contribution in [0.25, 0.3) is 0 Å². The van der Waals surface area contributed by atoms with E-state index in [0.717, 1.165) is 17.4 Å². The molecule has 2 rings (SSSR count). The monoisotopic (exact) mass is 396 g/mol. The number of aldehydes is 1. The summed E-state index contributed by atoms with van der Waals surface area (Å²) in [6, 6.07) is 15.7. The largest absolute Gasteiger partial charge is 0.351 e. The second-order valence-corrected chi connectivity index (χ2v) is 6.83. The third kappa shape index (κ3) is 7.38. The van der Waals surface area contributed by atoms with Gasteiger partial charge in [0, 0.05) is 25.2 Å². The number of carbonyl (C=O) groups excluding carboxylic acids is 3. The van der Waals surface area contributed by atoms with E-state index < -0.39 is 12.1 Å². The van der Waals surface area contributed by atoms with E-state index in [4.69, 9.17) is 11.5 Å². The Labute approximate surface area is 171 Å². The standard InChI is InChI=1S/C22H28N4O3/c23-20(15-17-7-3-1-4-8-17)21(28)25-16-18-9-11-19(12-10-18)26(22(24)29)13-5-2-6-14-27/h1,3-4,7-12,14,20H,2,5-6,13,15-16,23H2,(H2,24,29)(H,25,28)/t20-/m0/s1. The van der Waals surface area contributed by atoms with Crippen LogP contribution in [-0.2, 0) is 22.6 Å². The van der Waals surface area contributed by atoms with Crippen molar-refractivity contribution < 1.29 is 14.4 Å². The fraction of sp³-hybridized carbons (Fsp3) is 0.318. The van der Waals surface area contributed by atoms with Crippen LogP contribution >= 0.6 is 0 Å². The summed E-state index contributed by atoms with van der Waals surface area (Å²) in [6.07, 6.45) is 3.21. The zero-order valence-electron chi connectivity index (χ0n) is 16.4. The van der Waals surface area contributed by atoms with Gasteiger partial charge in [-0.05, 0) is 42.5 Å². The molecule has 7 heteroatoms. The number of benzene rings is 2. The maximum atomic E-state index is 12.2. The first-order valence-electron chi connectivity index (χ1n) is 9.68. The molecule has 1 atom stereocenters. The molecule has 0 radical (unpaired) electrons. The van der Waals surface area contributed by atoms with Gasteiger partial charge in [-0.1, -0.05) is 42.5 Å². The van der Waals surface area contributed by atoms with Crippen LogP contribution in [0.2, 0.25) is 0 Å². The van der Waals surface area contributed by atoms with Crippen LogP contribution in [-0.4, -0.2) is 30.8 Å². The zero-order valence-corrected chi connectivity index (χ0v) is 16.4. The first-order chi connectivity index (χ1) is 14.0. The third-order valence-electron chi connectivity index (χ3n) is 4.57. The lowest BCUT2D eigenvalue weighted by Gasteiger charge is -2.20.